The van der Waals surface area contributed by atoms with E-state index in [1.807, 2.05) is 19.1 Å². The van der Waals surface area contributed by atoms with Crippen LogP contribution in [0, 0.1) is 0 Å². The van der Waals surface area contributed by atoms with Crippen LogP contribution in [0.2, 0.25) is 0 Å². The minimum absolute atomic E-state index is 0.0797. The highest BCUT2D eigenvalue weighted by molar-refractivity contribution is 6.20. The summed E-state index contributed by atoms with van der Waals surface area (Å²) in [6.45, 7) is 1.97. The summed E-state index contributed by atoms with van der Waals surface area (Å²) in [6, 6.07) is 6.03. The molecule has 1 aromatic carbocycles. The van der Waals surface area contributed by atoms with E-state index in [4.69, 9.17) is 11.6 Å². The lowest BCUT2D eigenvalue weighted by molar-refractivity contribution is -0.115. The van der Waals surface area contributed by atoms with Crippen molar-refractivity contribution >= 4 is 23.2 Å². The summed E-state index contributed by atoms with van der Waals surface area (Å²) in [5, 5.41) is 2.94. The number of rotatable bonds is 2. The highest BCUT2D eigenvalue weighted by Crippen LogP contribution is 2.24. The second-order valence-corrected chi connectivity index (χ2v) is 4.45. The minimum Gasteiger partial charge on any atom is -0.326 e. The van der Waals surface area contributed by atoms with Gasteiger partial charge in [-0.3, -0.25) is 4.79 Å². The van der Waals surface area contributed by atoms with Gasteiger partial charge in [-0.1, -0.05) is 12.1 Å². The molecule has 0 fully saturated rings. The summed E-state index contributed by atoms with van der Waals surface area (Å²) in [7, 11) is 0. The maximum atomic E-state index is 11.1. The highest BCUT2D eigenvalue weighted by atomic mass is 35.5. The van der Waals surface area contributed by atoms with Gasteiger partial charge in [0.15, 0.2) is 0 Å². The predicted octanol–water partition coefficient (Wildman–Crippen LogP) is 2.35. The van der Waals surface area contributed by atoms with Crippen molar-refractivity contribution in [3.63, 3.8) is 0 Å². The largest absolute Gasteiger partial charge is 0.326 e. The van der Waals surface area contributed by atoms with Gasteiger partial charge in [0.1, 0.15) is 0 Å². The summed E-state index contributed by atoms with van der Waals surface area (Å²) in [5.41, 5.74) is 3.23. The molecule has 0 aromatic heterocycles. The molecule has 0 spiro atoms. The Hall–Kier alpha value is -1.02. The smallest absolute Gasteiger partial charge is 0.228 e. The van der Waals surface area contributed by atoms with E-state index in [1.165, 1.54) is 5.56 Å². The predicted molar refractivity (Wildman–Crippen MR) is 57.8 cm³/mol. The van der Waals surface area contributed by atoms with Crippen LogP contribution in [-0.2, 0) is 17.6 Å². The molecule has 14 heavy (non-hydrogen) atoms. The van der Waals surface area contributed by atoms with E-state index in [0.29, 0.717) is 6.42 Å². The van der Waals surface area contributed by atoms with Crippen LogP contribution in [0.3, 0.4) is 0 Å². The highest BCUT2D eigenvalue weighted by Gasteiger charge is 2.17. The number of halogens is 1. The van der Waals surface area contributed by atoms with Gasteiger partial charge in [0.25, 0.3) is 0 Å². The van der Waals surface area contributed by atoms with E-state index < -0.39 is 0 Å². The molecule has 1 N–H and O–H groups in total. The van der Waals surface area contributed by atoms with Crippen LogP contribution >= 0.6 is 11.6 Å². The maximum absolute atomic E-state index is 11.1. The van der Waals surface area contributed by atoms with Crippen LogP contribution in [0.4, 0.5) is 5.69 Å². The Morgan fingerprint density at radius 1 is 1.57 bits per heavy atom. The number of amides is 1. The Balaban J connectivity index is 2.24. The molecular weight excluding hydrogens is 198 g/mol. The zero-order valence-corrected chi connectivity index (χ0v) is 8.77. The average molecular weight is 210 g/mol. The number of alkyl halides is 1. The fourth-order valence-electron chi connectivity index (χ4n) is 1.73. The van der Waals surface area contributed by atoms with Gasteiger partial charge >= 0.3 is 0 Å². The van der Waals surface area contributed by atoms with Gasteiger partial charge in [-0.15, -0.1) is 11.6 Å². The first kappa shape index (κ1) is 9.53. The molecule has 1 unspecified atom stereocenters. The van der Waals surface area contributed by atoms with Crippen molar-refractivity contribution in [1.29, 1.82) is 0 Å². The van der Waals surface area contributed by atoms with Crippen LogP contribution < -0.4 is 5.32 Å². The molecule has 2 rings (SSSR count). The lowest BCUT2D eigenvalue weighted by atomic mass is 10.0. The fraction of sp³-hybridized carbons (Fsp3) is 0.364. The van der Waals surface area contributed by atoms with E-state index >= 15 is 0 Å². The van der Waals surface area contributed by atoms with Gasteiger partial charge in [0, 0.05) is 11.1 Å². The summed E-state index contributed by atoms with van der Waals surface area (Å²) in [5.74, 6) is 0.0797. The van der Waals surface area contributed by atoms with Gasteiger partial charge < -0.3 is 5.32 Å². The number of hydrogen-bond acceptors (Lipinski definition) is 1. The van der Waals surface area contributed by atoms with Crippen LogP contribution in [0.5, 0.6) is 0 Å². The van der Waals surface area contributed by atoms with Crippen molar-refractivity contribution in [3.8, 4) is 0 Å². The quantitative estimate of drug-likeness (QED) is 0.745. The second kappa shape index (κ2) is 3.62. The molecule has 1 aliphatic rings. The number of carbonyl (C=O) groups is 1. The molecule has 3 heteroatoms. The molecule has 0 saturated heterocycles. The lowest BCUT2D eigenvalue weighted by Crippen LogP contribution is -2.03. The van der Waals surface area contributed by atoms with Crippen LogP contribution in [0.25, 0.3) is 0 Å². The molecule has 0 bridgehead atoms. The molecule has 2 nitrogen and oxygen atoms in total. The Morgan fingerprint density at radius 2 is 2.36 bits per heavy atom. The van der Waals surface area contributed by atoms with Crippen molar-refractivity contribution in [1.82, 2.24) is 0 Å². The molecule has 74 valence electrons. The third-order valence-corrected chi connectivity index (χ3v) is 2.47. The van der Waals surface area contributed by atoms with Crippen molar-refractivity contribution < 1.29 is 4.79 Å². The van der Waals surface area contributed by atoms with Crippen molar-refractivity contribution in [2.75, 3.05) is 5.32 Å². The second-order valence-electron chi connectivity index (χ2n) is 3.70. The van der Waals surface area contributed by atoms with Crippen LogP contribution in [-0.4, -0.2) is 11.3 Å². The molecule has 1 aliphatic heterocycles. The third kappa shape index (κ3) is 1.90. The lowest BCUT2D eigenvalue weighted by Gasteiger charge is -2.05. The SMILES string of the molecule is CC(Cl)Cc1ccc2c(c1)CC(=O)N2. The number of fused-ring (bicyclic) bond motifs is 1. The third-order valence-electron chi connectivity index (χ3n) is 2.31. The van der Waals surface area contributed by atoms with Crippen molar-refractivity contribution in [2.45, 2.75) is 25.1 Å². The van der Waals surface area contributed by atoms with Crippen LogP contribution in [0.1, 0.15) is 18.1 Å². The van der Waals surface area contributed by atoms with Gasteiger partial charge in [-0.25, -0.2) is 0 Å². The van der Waals surface area contributed by atoms with Gasteiger partial charge in [-0.2, -0.15) is 0 Å². The number of nitrogens with one attached hydrogen (secondary N) is 1. The molecule has 1 aromatic rings. The molecule has 0 saturated carbocycles. The molecule has 1 atom stereocenters. The standard InChI is InChI=1S/C11H12ClNO/c1-7(12)4-8-2-3-10-9(5-8)6-11(14)13-10/h2-3,5,7H,4,6H2,1H3,(H,13,14). The van der Waals surface area contributed by atoms with Gasteiger partial charge in [-0.05, 0) is 30.5 Å². The summed E-state index contributed by atoms with van der Waals surface area (Å²) in [6.07, 6.45) is 1.35. The molecular formula is C11H12ClNO. The van der Waals surface area contributed by atoms with E-state index in [-0.39, 0.29) is 11.3 Å². The molecule has 0 aliphatic carbocycles. The van der Waals surface area contributed by atoms with E-state index in [1.54, 1.807) is 0 Å². The van der Waals surface area contributed by atoms with Crippen molar-refractivity contribution in [3.05, 3.63) is 29.3 Å². The topological polar surface area (TPSA) is 29.1 Å². The Labute approximate surface area is 88.3 Å². The van der Waals surface area contributed by atoms with Crippen molar-refractivity contribution in [2.24, 2.45) is 0 Å². The normalized spacial score (nSPS) is 16.3. The first-order valence-corrected chi connectivity index (χ1v) is 5.14. The van der Waals surface area contributed by atoms with E-state index in [2.05, 4.69) is 11.4 Å². The monoisotopic (exact) mass is 209 g/mol. The average Bonchev–Trinajstić information content (AvgIpc) is 2.42. The molecule has 0 radical (unpaired) electrons. The van der Waals surface area contributed by atoms with E-state index in [9.17, 15) is 4.79 Å². The maximum Gasteiger partial charge on any atom is 0.228 e. The van der Waals surface area contributed by atoms with Crippen LogP contribution in [0.15, 0.2) is 18.2 Å². The zero-order chi connectivity index (χ0) is 10.1. The number of carbonyl (C=O) groups excluding carboxylic acids is 1. The summed E-state index contributed by atoms with van der Waals surface area (Å²) >= 11 is 5.91. The molecule has 1 heterocycles. The Bertz CT molecular complexity index is 374. The Kier molecular flexibility index (Phi) is 2.46. The first-order valence-electron chi connectivity index (χ1n) is 4.71. The zero-order valence-electron chi connectivity index (χ0n) is 8.01. The summed E-state index contributed by atoms with van der Waals surface area (Å²) in [4.78, 5) is 11.1. The minimum atomic E-state index is 0.0797. The van der Waals surface area contributed by atoms with Gasteiger partial charge in [0.05, 0.1) is 6.42 Å². The number of benzene rings is 1. The molecule has 1 amide bonds. The number of anilines is 1. The van der Waals surface area contributed by atoms with Gasteiger partial charge in [0.2, 0.25) is 5.91 Å². The Morgan fingerprint density at radius 3 is 3.07 bits per heavy atom. The fourth-order valence-corrected chi connectivity index (χ4v) is 1.91. The first-order chi connectivity index (χ1) is 6.65. The summed E-state index contributed by atoms with van der Waals surface area (Å²) < 4.78 is 0. The van der Waals surface area contributed by atoms with E-state index in [0.717, 1.165) is 17.7 Å². The number of hydrogen-bond donors (Lipinski definition) is 1.